The second-order valence-corrected chi connectivity index (χ2v) is 7.95. The third-order valence-electron chi connectivity index (χ3n) is 5.29. The summed E-state index contributed by atoms with van der Waals surface area (Å²) < 4.78 is 0. The lowest BCUT2D eigenvalue weighted by molar-refractivity contribution is 0.289. The summed E-state index contributed by atoms with van der Waals surface area (Å²) in [4.78, 5) is 4.92. The summed E-state index contributed by atoms with van der Waals surface area (Å²) >= 11 is 1.86. The van der Waals surface area contributed by atoms with Crippen LogP contribution in [0.25, 0.3) is 0 Å². The number of rotatable bonds is 2. The summed E-state index contributed by atoms with van der Waals surface area (Å²) in [7, 11) is 4.23. The molecule has 5 radical (unpaired) electrons. The Morgan fingerprint density at radius 1 is 0.962 bits per heavy atom. The average Bonchev–Trinajstić information content (AvgIpc) is 3.31. The van der Waals surface area contributed by atoms with Crippen LogP contribution < -0.4 is 4.90 Å². The summed E-state index contributed by atoms with van der Waals surface area (Å²) in [5.74, 6) is 1.24. The zero-order chi connectivity index (χ0) is 17.7. The molecule has 2 aromatic rings. The molecule has 1 unspecified atom stereocenters. The van der Waals surface area contributed by atoms with Crippen LogP contribution in [0.1, 0.15) is 18.0 Å². The highest BCUT2D eigenvalue weighted by atomic mass is 32.2. The zero-order valence-electron chi connectivity index (χ0n) is 14.9. The van der Waals surface area contributed by atoms with E-state index in [1.807, 2.05) is 11.8 Å². The highest BCUT2D eigenvalue weighted by Crippen LogP contribution is 2.48. The fourth-order valence-corrected chi connectivity index (χ4v) is 5.05. The topological polar surface area (TPSA) is 18.8 Å². The molecule has 0 saturated heterocycles. The van der Waals surface area contributed by atoms with Gasteiger partial charge in [-0.3, -0.25) is 5.01 Å². The minimum absolute atomic E-state index is 0.299. The number of nitrogens with zero attached hydrogens (tertiary/aromatic N) is 3. The third-order valence-corrected chi connectivity index (χ3v) is 6.40. The number of para-hydroxylation sites is 1. The van der Waals surface area contributed by atoms with Gasteiger partial charge in [0.2, 0.25) is 0 Å². The molecule has 1 atom stereocenters. The molecule has 0 amide bonds. The van der Waals surface area contributed by atoms with Gasteiger partial charge in [0.15, 0.2) is 0 Å². The van der Waals surface area contributed by atoms with E-state index in [2.05, 4.69) is 92.2 Å². The maximum atomic E-state index is 4.78. The van der Waals surface area contributed by atoms with Crippen molar-refractivity contribution < 1.29 is 0 Å². The molecular formula is C22H20N3S. The third kappa shape index (κ3) is 2.62. The van der Waals surface area contributed by atoms with E-state index >= 15 is 0 Å². The minimum atomic E-state index is 0.299. The number of fused-ring (bicyclic) bond motifs is 2. The van der Waals surface area contributed by atoms with E-state index in [0.29, 0.717) is 6.04 Å². The van der Waals surface area contributed by atoms with Gasteiger partial charge in [0, 0.05) is 41.9 Å². The summed E-state index contributed by atoms with van der Waals surface area (Å²) in [6, 6.07) is 15.7. The van der Waals surface area contributed by atoms with Crippen molar-refractivity contribution in [3.8, 4) is 0 Å². The van der Waals surface area contributed by atoms with Gasteiger partial charge in [-0.25, -0.2) is 0 Å². The predicted octanol–water partition coefficient (Wildman–Crippen LogP) is 5.06. The largest absolute Gasteiger partial charge is 0.343 e. The second kappa shape index (κ2) is 6.34. The van der Waals surface area contributed by atoms with Gasteiger partial charge in [0.25, 0.3) is 0 Å². The van der Waals surface area contributed by atoms with Crippen molar-refractivity contribution >= 4 is 28.8 Å². The molecule has 1 aliphatic carbocycles. The van der Waals surface area contributed by atoms with Crippen molar-refractivity contribution in [3.05, 3.63) is 79.6 Å². The van der Waals surface area contributed by atoms with Crippen molar-refractivity contribution in [1.29, 1.82) is 0 Å². The molecule has 0 bridgehead atoms. The zero-order valence-corrected chi connectivity index (χ0v) is 15.7. The standard InChI is InChI=1S/C22H20N3S/c1-24-18-9-5-6-10-21(18)26-22-13-16(11-12-19(22)24)20-14-17(23-25(20)2)15-7-3-4-8-15/h3-13,20H,14H2,1-2H3. The number of hydrogen-bond donors (Lipinski definition) is 0. The quantitative estimate of drug-likeness (QED) is 0.748. The maximum absolute atomic E-state index is 4.78. The molecule has 4 heteroatoms. The number of hydrogen-bond acceptors (Lipinski definition) is 4. The monoisotopic (exact) mass is 358 g/mol. The number of benzene rings is 2. The Morgan fingerprint density at radius 2 is 1.73 bits per heavy atom. The minimum Gasteiger partial charge on any atom is -0.343 e. The van der Waals surface area contributed by atoms with E-state index < -0.39 is 0 Å². The Labute approximate surface area is 160 Å². The van der Waals surface area contributed by atoms with Crippen LogP contribution in [0.4, 0.5) is 11.4 Å². The van der Waals surface area contributed by atoms with Crippen LogP contribution in [0.15, 0.2) is 57.4 Å². The van der Waals surface area contributed by atoms with Gasteiger partial charge in [0.1, 0.15) is 0 Å². The smallest absolute Gasteiger partial charge is 0.0770 e. The summed E-state index contributed by atoms with van der Waals surface area (Å²) in [5.41, 5.74) is 5.06. The molecule has 0 aromatic heterocycles. The number of hydrazone groups is 1. The molecule has 2 aliphatic heterocycles. The molecule has 0 N–H and O–H groups in total. The first-order valence-corrected chi connectivity index (χ1v) is 9.69. The van der Waals surface area contributed by atoms with Crippen LogP contribution in [0, 0.1) is 31.6 Å². The van der Waals surface area contributed by atoms with Crippen LogP contribution in [0.5, 0.6) is 0 Å². The van der Waals surface area contributed by atoms with Gasteiger partial charge in [-0.1, -0.05) is 30.0 Å². The highest BCUT2D eigenvalue weighted by molar-refractivity contribution is 7.99. The SMILES string of the molecule is CN1c2ccccc2Sc2cc(C3CC([C]4[CH][CH][CH][CH]4)=NN3C)ccc21. The Hall–Kier alpha value is -1.94. The molecule has 26 heavy (non-hydrogen) atoms. The van der Waals surface area contributed by atoms with E-state index in [1.54, 1.807) is 0 Å². The maximum Gasteiger partial charge on any atom is 0.0770 e. The average molecular weight is 358 g/mol. The van der Waals surface area contributed by atoms with Crippen LogP contribution in [-0.2, 0) is 0 Å². The summed E-state index contributed by atoms with van der Waals surface area (Å²) in [6.07, 6.45) is 9.39. The Balaban J connectivity index is 1.43. The number of anilines is 2. The van der Waals surface area contributed by atoms with E-state index in [0.717, 1.165) is 6.42 Å². The van der Waals surface area contributed by atoms with Crippen molar-refractivity contribution in [2.24, 2.45) is 5.10 Å². The Bertz CT molecular complexity index is 869. The van der Waals surface area contributed by atoms with Crippen LogP contribution in [0.2, 0.25) is 0 Å². The molecule has 3 nitrogen and oxygen atoms in total. The first-order chi connectivity index (χ1) is 12.7. The molecule has 3 aliphatic rings. The van der Waals surface area contributed by atoms with Crippen LogP contribution >= 0.6 is 11.8 Å². The lowest BCUT2D eigenvalue weighted by Crippen LogP contribution is -2.17. The first-order valence-electron chi connectivity index (χ1n) is 8.87. The molecule has 0 spiro atoms. The first kappa shape index (κ1) is 16.2. The molecule has 1 saturated carbocycles. The Morgan fingerprint density at radius 3 is 2.58 bits per heavy atom. The predicted molar refractivity (Wildman–Crippen MR) is 108 cm³/mol. The van der Waals surface area contributed by atoms with Gasteiger partial charge in [0.05, 0.1) is 17.4 Å². The van der Waals surface area contributed by atoms with Gasteiger partial charge < -0.3 is 4.90 Å². The van der Waals surface area contributed by atoms with Gasteiger partial charge in [-0.15, -0.1) is 0 Å². The van der Waals surface area contributed by atoms with Gasteiger partial charge in [-0.05, 0) is 55.5 Å². The fraction of sp³-hybridized carbons (Fsp3) is 0.182. The molecular weight excluding hydrogens is 338 g/mol. The lowest BCUT2D eigenvalue weighted by atomic mass is 9.94. The van der Waals surface area contributed by atoms with Crippen molar-refractivity contribution in [3.63, 3.8) is 0 Å². The summed E-state index contributed by atoms with van der Waals surface area (Å²) in [6.45, 7) is 0. The molecule has 129 valence electrons. The van der Waals surface area contributed by atoms with Crippen molar-refractivity contribution in [2.45, 2.75) is 22.3 Å². The van der Waals surface area contributed by atoms with Crippen LogP contribution in [-0.4, -0.2) is 24.8 Å². The van der Waals surface area contributed by atoms with E-state index in [-0.39, 0.29) is 0 Å². The second-order valence-electron chi connectivity index (χ2n) is 6.87. The van der Waals surface area contributed by atoms with Crippen LogP contribution in [0.3, 0.4) is 0 Å². The lowest BCUT2D eigenvalue weighted by Gasteiger charge is -2.30. The van der Waals surface area contributed by atoms with Gasteiger partial charge in [-0.2, -0.15) is 5.10 Å². The fourth-order valence-electron chi connectivity index (χ4n) is 3.86. The van der Waals surface area contributed by atoms with Gasteiger partial charge >= 0.3 is 0 Å². The van der Waals surface area contributed by atoms with Crippen molar-refractivity contribution in [1.82, 2.24) is 5.01 Å². The van der Waals surface area contributed by atoms with Crippen molar-refractivity contribution in [2.75, 3.05) is 19.0 Å². The van der Waals surface area contributed by atoms with E-state index in [1.165, 1.54) is 38.4 Å². The normalized spacial score (nSPS) is 22.4. The highest BCUT2D eigenvalue weighted by Gasteiger charge is 2.33. The van der Waals surface area contributed by atoms with E-state index in [9.17, 15) is 0 Å². The molecule has 2 aromatic carbocycles. The van der Waals surface area contributed by atoms with E-state index in [4.69, 9.17) is 5.10 Å². The Kier molecular flexibility index (Phi) is 3.96. The molecule has 5 rings (SSSR count). The molecule has 2 heterocycles. The summed E-state index contributed by atoms with van der Waals surface area (Å²) in [5, 5.41) is 6.89. The molecule has 1 fully saturated rings.